The fourth-order valence-electron chi connectivity index (χ4n) is 1.24. The van der Waals surface area contributed by atoms with E-state index in [2.05, 4.69) is 30.3 Å². The van der Waals surface area contributed by atoms with Crippen LogP contribution in [-0.2, 0) is 0 Å². The van der Waals surface area contributed by atoms with Crippen LogP contribution in [0.2, 0.25) is 0 Å². The van der Waals surface area contributed by atoms with Crippen LogP contribution in [-0.4, -0.2) is 37.1 Å². The van der Waals surface area contributed by atoms with Crippen molar-refractivity contribution in [2.75, 3.05) is 20.1 Å². The zero-order valence-electron chi connectivity index (χ0n) is 8.58. The Morgan fingerprint density at radius 2 is 2.31 bits per heavy atom. The van der Waals surface area contributed by atoms with Gasteiger partial charge < -0.3 is 10.2 Å². The molecule has 0 aromatic carbocycles. The van der Waals surface area contributed by atoms with E-state index in [1.807, 2.05) is 0 Å². The van der Waals surface area contributed by atoms with Crippen molar-refractivity contribution < 1.29 is 0 Å². The summed E-state index contributed by atoms with van der Waals surface area (Å²) in [5.41, 5.74) is 0. The molecule has 0 amide bonds. The number of rotatable bonds is 6. The van der Waals surface area contributed by atoms with Gasteiger partial charge in [0.05, 0.1) is 12.5 Å². The van der Waals surface area contributed by atoms with Gasteiger partial charge in [0.1, 0.15) is 0 Å². The highest BCUT2D eigenvalue weighted by atomic mass is 15.1. The van der Waals surface area contributed by atoms with Gasteiger partial charge in [-0.2, -0.15) is 5.26 Å². The fraction of sp³-hybridized carbons (Fsp3) is 0.900. The van der Waals surface area contributed by atoms with Crippen LogP contribution >= 0.6 is 0 Å². The van der Waals surface area contributed by atoms with Crippen molar-refractivity contribution in [2.45, 2.75) is 38.3 Å². The summed E-state index contributed by atoms with van der Waals surface area (Å²) in [7, 11) is 2.08. The molecule has 3 heteroatoms. The van der Waals surface area contributed by atoms with Crippen molar-refractivity contribution >= 4 is 0 Å². The number of likely N-dealkylation sites (N-methyl/N-ethyl adjacent to an activating group) is 1. The summed E-state index contributed by atoms with van der Waals surface area (Å²) in [6.45, 7) is 4.19. The largest absolute Gasteiger partial charge is 0.313 e. The molecule has 74 valence electrons. The van der Waals surface area contributed by atoms with Crippen LogP contribution in [0.1, 0.15) is 26.2 Å². The lowest BCUT2D eigenvalue weighted by Gasteiger charge is -2.22. The minimum absolute atomic E-state index is 0.381. The van der Waals surface area contributed by atoms with Gasteiger partial charge >= 0.3 is 0 Å². The Hall–Kier alpha value is -0.590. The van der Waals surface area contributed by atoms with Crippen LogP contribution in [0.25, 0.3) is 0 Å². The lowest BCUT2D eigenvalue weighted by atomic mass is 10.2. The van der Waals surface area contributed by atoms with Crippen molar-refractivity contribution in [3.05, 3.63) is 0 Å². The normalized spacial score (nSPS) is 18.6. The van der Waals surface area contributed by atoms with Crippen LogP contribution in [0.15, 0.2) is 0 Å². The topological polar surface area (TPSA) is 39.1 Å². The van der Waals surface area contributed by atoms with Gasteiger partial charge in [0.25, 0.3) is 0 Å². The maximum absolute atomic E-state index is 8.52. The van der Waals surface area contributed by atoms with E-state index in [0.29, 0.717) is 12.5 Å². The standard InChI is InChI=1S/C10H19N3/c1-9(5-6-11)13(2)8-7-12-10-3-4-10/h9-10,12H,3-5,7-8H2,1-2H3. The maximum atomic E-state index is 8.52. The maximum Gasteiger partial charge on any atom is 0.0638 e. The molecule has 0 saturated heterocycles. The molecule has 13 heavy (non-hydrogen) atoms. The van der Waals surface area contributed by atoms with E-state index in [1.54, 1.807) is 0 Å². The first kappa shape index (κ1) is 10.5. The molecule has 0 heterocycles. The SMILES string of the molecule is CC(CC#N)N(C)CCNC1CC1. The molecule has 1 rings (SSSR count). The molecular weight excluding hydrogens is 162 g/mol. The number of nitrogens with one attached hydrogen (secondary N) is 1. The van der Waals surface area contributed by atoms with Crippen LogP contribution < -0.4 is 5.32 Å². The molecule has 0 radical (unpaired) electrons. The number of nitrogens with zero attached hydrogens (tertiary/aromatic N) is 2. The second-order valence-corrected chi connectivity index (χ2v) is 3.92. The summed E-state index contributed by atoms with van der Waals surface area (Å²) in [6, 6.07) is 3.37. The van der Waals surface area contributed by atoms with Gasteiger partial charge in [0.2, 0.25) is 0 Å². The van der Waals surface area contributed by atoms with Gasteiger partial charge in [-0.1, -0.05) is 0 Å². The average molecular weight is 181 g/mol. The summed E-state index contributed by atoms with van der Waals surface area (Å²) in [4.78, 5) is 2.23. The second-order valence-electron chi connectivity index (χ2n) is 3.92. The van der Waals surface area contributed by atoms with Gasteiger partial charge in [-0.25, -0.2) is 0 Å². The Kier molecular flexibility index (Phi) is 4.20. The molecule has 0 aromatic rings. The smallest absolute Gasteiger partial charge is 0.0638 e. The Bertz CT molecular complexity index is 181. The first-order valence-corrected chi connectivity index (χ1v) is 5.04. The van der Waals surface area contributed by atoms with E-state index in [-0.39, 0.29) is 0 Å². The van der Waals surface area contributed by atoms with E-state index >= 15 is 0 Å². The van der Waals surface area contributed by atoms with Crippen LogP contribution in [0, 0.1) is 11.3 Å². The predicted molar refractivity (Wildman–Crippen MR) is 53.3 cm³/mol. The lowest BCUT2D eigenvalue weighted by molar-refractivity contribution is 0.260. The van der Waals surface area contributed by atoms with Crippen molar-refractivity contribution in [1.29, 1.82) is 5.26 Å². The highest BCUT2D eigenvalue weighted by molar-refractivity contribution is 4.82. The van der Waals surface area contributed by atoms with Gasteiger partial charge in [-0.15, -0.1) is 0 Å². The van der Waals surface area contributed by atoms with E-state index in [1.165, 1.54) is 12.8 Å². The molecule has 1 N–H and O–H groups in total. The minimum atomic E-state index is 0.381. The highest BCUT2D eigenvalue weighted by Crippen LogP contribution is 2.18. The third-order valence-corrected chi connectivity index (χ3v) is 2.61. The van der Waals surface area contributed by atoms with Crippen molar-refractivity contribution in [1.82, 2.24) is 10.2 Å². The molecule has 0 spiro atoms. The third-order valence-electron chi connectivity index (χ3n) is 2.61. The van der Waals surface area contributed by atoms with E-state index in [0.717, 1.165) is 19.1 Å². The second kappa shape index (κ2) is 5.21. The van der Waals surface area contributed by atoms with E-state index in [4.69, 9.17) is 5.26 Å². The molecule has 1 unspecified atom stereocenters. The zero-order chi connectivity index (χ0) is 9.68. The van der Waals surface area contributed by atoms with Gasteiger partial charge in [-0.05, 0) is 26.8 Å². The molecule has 1 aliphatic carbocycles. The van der Waals surface area contributed by atoms with Crippen molar-refractivity contribution in [3.8, 4) is 6.07 Å². The monoisotopic (exact) mass is 181 g/mol. The van der Waals surface area contributed by atoms with E-state index in [9.17, 15) is 0 Å². The van der Waals surface area contributed by atoms with Crippen LogP contribution in [0.4, 0.5) is 0 Å². The summed E-state index contributed by atoms with van der Waals surface area (Å²) in [5.74, 6) is 0. The van der Waals surface area contributed by atoms with Gasteiger partial charge in [0.15, 0.2) is 0 Å². The third kappa shape index (κ3) is 4.25. The molecule has 1 aliphatic rings. The Labute approximate surface area is 80.7 Å². The van der Waals surface area contributed by atoms with Crippen LogP contribution in [0.5, 0.6) is 0 Å². The number of nitriles is 1. The minimum Gasteiger partial charge on any atom is -0.313 e. The molecule has 0 bridgehead atoms. The van der Waals surface area contributed by atoms with Gasteiger partial charge in [0, 0.05) is 25.2 Å². The molecule has 0 aromatic heterocycles. The summed E-state index contributed by atoms with van der Waals surface area (Å²) >= 11 is 0. The van der Waals surface area contributed by atoms with Crippen LogP contribution in [0.3, 0.4) is 0 Å². The average Bonchev–Trinajstić information content (AvgIpc) is 2.88. The molecule has 1 fully saturated rings. The molecule has 0 aliphatic heterocycles. The molecule has 3 nitrogen and oxygen atoms in total. The lowest BCUT2D eigenvalue weighted by Crippen LogP contribution is -2.35. The summed E-state index contributed by atoms with van der Waals surface area (Å²) < 4.78 is 0. The predicted octanol–water partition coefficient (Wildman–Crippen LogP) is 0.972. The molecular formula is C10H19N3. The fourth-order valence-corrected chi connectivity index (χ4v) is 1.24. The first-order chi connectivity index (χ1) is 6.24. The number of hydrogen-bond donors (Lipinski definition) is 1. The first-order valence-electron chi connectivity index (χ1n) is 5.04. The van der Waals surface area contributed by atoms with Crippen molar-refractivity contribution in [2.24, 2.45) is 0 Å². The Morgan fingerprint density at radius 1 is 1.62 bits per heavy atom. The highest BCUT2D eigenvalue weighted by Gasteiger charge is 2.20. The number of hydrogen-bond acceptors (Lipinski definition) is 3. The van der Waals surface area contributed by atoms with E-state index < -0.39 is 0 Å². The summed E-state index contributed by atoms with van der Waals surface area (Å²) in [6.07, 6.45) is 3.31. The van der Waals surface area contributed by atoms with Crippen molar-refractivity contribution in [3.63, 3.8) is 0 Å². The van der Waals surface area contributed by atoms with Gasteiger partial charge in [-0.3, -0.25) is 0 Å². The molecule has 1 atom stereocenters. The quantitative estimate of drug-likeness (QED) is 0.663. The Balaban J connectivity index is 2.01. The summed E-state index contributed by atoms with van der Waals surface area (Å²) in [5, 5.41) is 12.0. The zero-order valence-corrected chi connectivity index (χ0v) is 8.58. The Morgan fingerprint density at radius 3 is 2.85 bits per heavy atom. The molecule has 1 saturated carbocycles.